The minimum atomic E-state index is 0.944. The van der Waals surface area contributed by atoms with Crippen molar-refractivity contribution < 1.29 is 0 Å². The lowest BCUT2D eigenvalue weighted by Gasteiger charge is -1.74. The first-order chi connectivity index (χ1) is 3.93. The molecule has 0 saturated heterocycles. The van der Waals surface area contributed by atoms with Crippen LogP contribution >= 0.6 is 0 Å². The van der Waals surface area contributed by atoms with Gasteiger partial charge >= 0.3 is 0 Å². The van der Waals surface area contributed by atoms with Gasteiger partial charge in [0.1, 0.15) is 6.33 Å². The Morgan fingerprint density at radius 2 is 2.62 bits per heavy atom. The fraction of sp³-hybridized carbons (Fsp3) is 0. The molecule has 0 aliphatic carbocycles. The van der Waals surface area contributed by atoms with E-state index in [0.717, 1.165) is 11.9 Å². The lowest BCUT2D eigenvalue weighted by molar-refractivity contribution is 1.02. The molecule has 1 radical (unpaired) electrons. The molecule has 0 atom stereocenters. The summed E-state index contributed by atoms with van der Waals surface area (Å²) in [6, 6.07) is 1.08. The minimum Gasteiger partial charge on any atom is -0.295 e. The molecule has 3 heteroatoms. The van der Waals surface area contributed by atoms with Gasteiger partial charge in [0.25, 0.3) is 0 Å². The zero-order valence-corrected chi connectivity index (χ0v) is 4.20. The van der Waals surface area contributed by atoms with Crippen LogP contribution in [0.4, 0.5) is 0 Å². The van der Waals surface area contributed by atoms with Gasteiger partial charge < -0.3 is 0 Å². The maximum absolute atomic E-state index is 3.77. The molecule has 39 valence electrons. The molecule has 2 heterocycles. The molecule has 0 unspecified atom stereocenters. The van der Waals surface area contributed by atoms with E-state index in [1.54, 1.807) is 12.4 Å². The fourth-order valence-corrected chi connectivity index (χ4v) is 0.719. The maximum atomic E-state index is 3.77. The van der Waals surface area contributed by atoms with Gasteiger partial charge in [0.15, 0.2) is 11.9 Å². The highest BCUT2D eigenvalue weighted by Crippen LogP contribution is 2.29. The second kappa shape index (κ2) is 0.992. The lowest BCUT2D eigenvalue weighted by atomic mass is 10.4. The van der Waals surface area contributed by atoms with Crippen LogP contribution in [0.2, 0.25) is 0 Å². The number of hydrogen-bond donors (Lipinski definition) is 0. The summed E-state index contributed by atoms with van der Waals surface area (Å²) in [5.41, 5.74) is 0. The summed E-state index contributed by atoms with van der Waals surface area (Å²) < 4.78 is 1.88. The zero-order valence-electron chi connectivity index (χ0n) is 4.20. The van der Waals surface area contributed by atoms with Gasteiger partial charge in [-0.3, -0.25) is 4.57 Å². The lowest BCUT2D eigenvalue weighted by Crippen LogP contribution is -1.78. The highest BCUT2D eigenvalue weighted by atomic mass is 15.4. The van der Waals surface area contributed by atoms with Gasteiger partial charge in [0.2, 0.25) is 0 Å². The van der Waals surface area contributed by atoms with Crippen LogP contribution in [0.3, 0.4) is 0 Å². The first-order valence-electron chi connectivity index (χ1n) is 2.33. The van der Waals surface area contributed by atoms with Crippen molar-refractivity contribution in [1.29, 1.82) is 0 Å². The van der Waals surface area contributed by atoms with E-state index in [0.29, 0.717) is 0 Å². The third-order valence-corrected chi connectivity index (χ3v) is 1.18. The van der Waals surface area contributed by atoms with E-state index in [2.05, 4.69) is 16.8 Å². The third kappa shape index (κ3) is 0.258. The molecule has 0 bridgehead atoms. The van der Waals surface area contributed by atoms with E-state index in [9.17, 15) is 0 Å². The Hall–Kier alpha value is -1.12. The molecule has 1 aliphatic rings. The molecule has 3 nitrogen and oxygen atoms in total. The molecule has 1 aliphatic heterocycles. The van der Waals surface area contributed by atoms with Crippen molar-refractivity contribution in [2.24, 2.45) is 0 Å². The smallest absolute Gasteiger partial charge is 0.167 e. The summed E-state index contributed by atoms with van der Waals surface area (Å²) >= 11 is 0. The van der Waals surface area contributed by atoms with Crippen molar-refractivity contribution in [3.63, 3.8) is 0 Å². The highest BCUT2D eigenvalue weighted by Gasteiger charge is 2.32. The van der Waals surface area contributed by atoms with Crippen molar-refractivity contribution >= 4 is 0 Å². The van der Waals surface area contributed by atoms with Gasteiger partial charge in [-0.2, -0.15) is 0 Å². The summed E-state index contributed by atoms with van der Waals surface area (Å²) in [6.07, 6.45) is 3.44. The van der Waals surface area contributed by atoms with Gasteiger partial charge in [-0.05, 0) is 0 Å². The first kappa shape index (κ1) is 3.83. The summed E-state index contributed by atoms with van der Waals surface area (Å²) in [4.78, 5) is 0. The van der Waals surface area contributed by atoms with Crippen LogP contribution in [-0.4, -0.2) is 14.8 Å². The Bertz CT molecular complexity index is 207. The molecule has 2 rings (SSSR count). The van der Waals surface area contributed by atoms with Crippen LogP contribution in [0.1, 0.15) is 5.82 Å². The number of aromatic nitrogens is 3. The summed E-state index contributed by atoms with van der Waals surface area (Å²) in [6.45, 7) is 3.58. The Morgan fingerprint density at radius 3 is 3.00 bits per heavy atom. The van der Waals surface area contributed by atoms with E-state index in [-0.39, 0.29) is 0 Å². The normalized spacial score (nSPS) is 15.5. The second-order valence-electron chi connectivity index (χ2n) is 1.61. The molecule has 0 spiro atoms. The standard InChI is InChI=1S/C5H4N3/c1-2-4-5-7-6-3-8(4)5/h2-3H,1H2. The number of fused-ring (bicyclic) bond motifs is 1. The molecule has 1 aromatic heterocycles. The van der Waals surface area contributed by atoms with Crippen molar-refractivity contribution in [2.75, 3.05) is 0 Å². The Morgan fingerprint density at radius 1 is 1.75 bits per heavy atom. The van der Waals surface area contributed by atoms with Crippen LogP contribution < -0.4 is 0 Å². The molecule has 0 amide bonds. The number of nitrogens with zero attached hydrogens (tertiary/aromatic N) is 3. The Labute approximate surface area is 46.7 Å². The molecular weight excluding hydrogens is 102 g/mol. The van der Waals surface area contributed by atoms with Gasteiger partial charge in [-0.15, -0.1) is 16.8 Å². The van der Waals surface area contributed by atoms with Crippen LogP contribution in [0, 0.1) is 6.04 Å². The molecule has 0 aromatic carbocycles. The van der Waals surface area contributed by atoms with Crippen molar-refractivity contribution in [1.82, 2.24) is 14.8 Å². The quantitative estimate of drug-likeness (QED) is 0.512. The predicted molar refractivity (Wildman–Crippen MR) is 28.0 cm³/mol. The zero-order chi connectivity index (χ0) is 5.56. The van der Waals surface area contributed by atoms with Gasteiger partial charge in [0.05, 0.1) is 0 Å². The highest BCUT2D eigenvalue weighted by molar-refractivity contribution is 5.40. The van der Waals surface area contributed by atoms with E-state index in [4.69, 9.17) is 0 Å². The third-order valence-electron chi connectivity index (χ3n) is 1.18. The predicted octanol–water partition coefficient (Wildman–Crippen LogP) is 0.206. The van der Waals surface area contributed by atoms with E-state index >= 15 is 0 Å². The Kier molecular flexibility index (Phi) is 0.475. The largest absolute Gasteiger partial charge is 0.295 e. The number of hydrogen-bond acceptors (Lipinski definition) is 2. The van der Waals surface area contributed by atoms with Gasteiger partial charge in [-0.1, -0.05) is 6.08 Å². The number of allylic oxidation sites excluding steroid dienone is 1. The van der Waals surface area contributed by atoms with Crippen LogP contribution in [0.15, 0.2) is 19.0 Å². The summed E-state index contributed by atoms with van der Waals surface area (Å²) in [5.74, 6) is 0.944. The summed E-state index contributed by atoms with van der Waals surface area (Å²) in [7, 11) is 0. The summed E-state index contributed by atoms with van der Waals surface area (Å²) in [5, 5.41) is 7.40. The van der Waals surface area contributed by atoms with Crippen molar-refractivity contribution in [3.05, 3.63) is 30.8 Å². The van der Waals surface area contributed by atoms with E-state index in [1.165, 1.54) is 0 Å². The van der Waals surface area contributed by atoms with Crippen LogP contribution in [0.5, 0.6) is 0 Å². The minimum absolute atomic E-state index is 0.944. The molecule has 0 N–H and O–H groups in total. The fourth-order valence-electron chi connectivity index (χ4n) is 0.719. The topological polar surface area (TPSA) is 30.7 Å². The SMILES string of the molecule is C=C[C]1c2nncn21. The molecule has 0 saturated carbocycles. The maximum Gasteiger partial charge on any atom is 0.167 e. The molecule has 0 fully saturated rings. The monoisotopic (exact) mass is 106 g/mol. The first-order valence-corrected chi connectivity index (χ1v) is 2.33. The Balaban J connectivity index is 2.42. The molecule has 8 heavy (non-hydrogen) atoms. The van der Waals surface area contributed by atoms with E-state index < -0.39 is 0 Å². The average Bonchev–Trinajstić information content (AvgIpc) is 2.22. The average molecular weight is 106 g/mol. The van der Waals surface area contributed by atoms with Crippen LogP contribution in [0.25, 0.3) is 0 Å². The van der Waals surface area contributed by atoms with Crippen molar-refractivity contribution in [3.8, 4) is 0 Å². The van der Waals surface area contributed by atoms with Crippen molar-refractivity contribution in [2.45, 2.75) is 0 Å². The molecular formula is C5H4N3. The van der Waals surface area contributed by atoms with Gasteiger partial charge in [0, 0.05) is 0 Å². The molecule has 1 aromatic rings. The number of rotatable bonds is 1. The van der Waals surface area contributed by atoms with Crippen LogP contribution in [-0.2, 0) is 0 Å². The van der Waals surface area contributed by atoms with E-state index in [1.807, 2.05) is 4.57 Å². The second-order valence-corrected chi connectivity index (χ2v) is 1.61. The van der Waals surface area contributed by atoms with Gasteiger partial charge in [-0.25, -0.2) is 0 Å².